The molecule has 2 aromatic rings. The average molecular weight is 435 g/mol. The van der Waals surface area contributed by atoms with Gasteiger partial charge in [0.2, 0.25) is 10.0 Å². The van der Waals surface area contributed by atoms with Crippen molar-refractivity contribution >= 4 is 27.5 Å². The molecule has 1 aliphatic heterocycles. The van der Waals surface area contributed by atoms with Crippen LogP contribution in [0.15, 0.2) is 47.4 Å². The number of hydrogen-bond acceptors (Lipinski definition) is 3. The van der Waals surface area contributed by atoms with Crippen LogP contribution in [0.3, 0.4) is 0 Å². The van der Waals surface area contributed by atoms with Gasteiger partial charge in [0.05, 0.1) is 11.1 Å². The van der Waals surface area contributed by atoms with E-state index in [-0.39, 0.29) is 27.4 Å². The van der Waals surface area contributed by atoms with Crippen LogP contribution in [0.4, 0.5) is 0 Å². The molecule has 2 aromatic carbocycles. The summed E-state index contributed by atoms with van der Waals surface area (Å²) < 4.78 is 27.4. The van der Waals surface area contributed by atoms with E-state index in [0.29, 0.717) is 13.1 Å². The zero-order chi connectivity index (χ0) is 21.0. The third-order valence-corrected chi connectivity index (χ3v) is 7.74. The molecule has 1 aliphatic rings. The van der Waals surface area contributed by atoms with Gasteiger partial charge in [-0.05, 0) is 55.5 Å². The van der Waals surface area contributed by atoms with Crippen molar-refractivity contribution in [3.05, 3.63) is 64.2 Å². The first-order valence-corrected chi connectivity index (χ1v) is 11.8. The molecule has 5 nitrogen and oxygen atoms in total. The summed E-state index contributed by atoms with van der Waals surface area (Å²) >= 11 is 6.20. The molecule has 0 unspecified atom stereocenters. The summed E-state index contributed by atoms with van der Waals surface area (Å²) in [6.45, 7) is 4.97. The summed E-state index contributed by atoms with van der Waals surface area (Å²) in [7, 11) is -3.72. The molecular formula is C22H27ClN2O3S. The van der Waals surface area contributed by atoms with Crippen molar-refractivity contribution in [2.24, 2.45) is 0 Å². The Balaban J connectivity index is 1.79. The van der Waals surface area contributed by atoms with E-state index in [0.717, 1.165) is 31.2 Å². The van der Waals surface area contributed by atoms with Crippen LogP contribution in [-0.4, -0.2) is 31.7 Å². The number of carbonyl (C=O) groups is 1. The number of piperidine rings is 1. The van der Waals surface area contributed by atoms with Crippen molar-refractivity contribution in [2.45, 2.75) is 50.5 Å². The van der Waals surface area contributed by atoms with Crippen molar-refractivity contribution in [1.82, 2.24) is 9.62 Å². The molecule has 1 amide bonds. The molecule has 7 heteroatoms. The fraction of sp³-hybridized carbons (Fsp3) is 0.409. The van der Waals surface area contributed by atoms with Crippen molar-refractivity contribution in [2.75, 3.05) is 13.1 Å². The molecule has 156 valence electrons. The quantitative estimate of drug-likeness (QED) is 0.724. The molecule has 29 heavy (non-hydrogen) atoms. The van der Waals surface area contributed by atoms with E-state index in [1.807, 2.05) is 31.2 Å². The molecule has 0 aliphatic carbocycles. The molecule has 0 bridgehead atoms. The van der Waals surface area contributed by atoms with E-state index in [1.54, 1.807) is 6.07 Å². The maximum atomic E-state index is 13.0. The van der Waals surface area contributed by atoms with Crippen LogP contribution in [-0.2, 0) is 16.4 Å². The first-order chi connectivity index (χ1) is 13.8. The Morgan fingerprint density at radius 2 is 1.76 bits per heavy atom. The van der Waals surface area contributed by atoms with E-state index in [1.165, 1.54) is 22.0 Å². The van der Waals surface area contributed by atoms with Gasteiger partial charge in [-0.1, -0.05) is 49.2 Å². The second kappa shape index (κ2) is 9.28. The minimum absolute atomic E-state index is 0.00586. The smallest absolute Gasteiger partial charge is 0.251 e. The summed E-state index contributed by atoms with van der Waals surface area (Å²) in [6.07, 6.45) is 3.66. The second-order valence-corrected chi connectivity index (χ2v) is 9.71. The van der Waals surface area contributed by atoms with Crippen LogP contribution < -0.4 is 5.32 Å². The highest BCUT2D eigenvalue weighted by Crippen LogP contribution is 2.28. The third kappa shape index (κ3) is 5.00. The molecule has 3 rings (SSSR count). The van der Waals surface area contributed by atoms with Crippen molar-refractivity contribution in [3.8, 4) is 0 Å². The summed E-state index contributed by atoms with van der Waals surface area (Å²) in [5.74, 6) is -0.330. The Hall–Kier alpha value is -1.89. The van der Waals surface area contributed by atoms with Crippen molar-refractivity contribution < 1.29 is 13.2 Å². The SMILES string of the molecule is CCc1ccc([C@@H](C)NC(=O)c2ccc(Cl)c(S(=O)(=O)N3CCCCC3)c2)cc1. The molecule has 1 N–H and O–H groups in total. The largest absolute Gasteiger partial charge is 0.346 e. The summed E-state index contributed by atoms with van der Waals surface area (Å²) in [5, 5.41) is 3.07. The van der Waals surface area contributed by atoms with E-state index in [9.17, 15) is 13.2 Å². The van der Waals surface area contributed by atoms with Crippen LogP contribution in [0, 0.1) is 0 Å². The normalized spacial score (nSPS) is 16.4. The minimum atomic E-state index is -3.72. The van der Waals surface area contributed by atoms with Gasteiger partial charge in [0.1, 0.15) is 4.90 Å². The molecule has 1 heterocycles. The number of nitrogens with zero attached hydrogens (tertiary/aromatic N) is 1. The van der Waals surface area contributed by atoms with Gasteiger partial charge in [0.15, 0.2) is 0 Å². The van der Waals surface area contributed by atoms with Crippen molar-refractivity contribution in [3.63, 3.8) is 0 Å². The standard InChI is InChI=1S/C22H27ClN2O3S/c1-3-17-7-9-18(10-8-17)16(2)24-22(26)19-11-12-20(23)21(15-19)29(27,28)25-13-5-4-6-14-25/h7-12,15-16H,3-6,13-14H2,1-2H3,(H,24,26)/t16-/m1/s1. The monoisotopic (exact) mass is 434 g/mol. The number of halogens is 1. The van der Waals surface area contributed by atoms with Crippen molar-refractivity contribution in [1.29, 1.82) is 0 Å². The van der Waals surface area contributed by atoms with Crippen LogP contribution in [0.2, 0.25) is 5.02 Å². The zero-order valence-electron chi connectivity index (χ0n) is 16.8. The Bertz CT molecular complexity index is 968. The molecule has 0 saturated carbocycles. The highest BCUT2D eigenvalue weighted by Gasteiger charge is 2.29. The van der Waals surface area contributed by atoms with Crippen LogP contribution >= 0.6 is 11.6 Å². The highest BCUT2D eigenvalue weighted by atomic mass is 35.5. The van der Waals surface area contributed by atoms with Crippen LogP contribution in [0.1, 0.15) is 60.6 Å². The van der Waals surface area contributed by atoms with Gasteiger partial charge in [0.25, 0.3) is 5.91 Å². The number of sulfonamides is 1. The van der Waals surface area contributed by atoms with E-state index in [2.05, 4.69) is 12.2 Å². The fourth-order valence-electron chi connectivity index (χ4n) is 3.49. The number of aryl methyl sites for hydroxylation is 1. The molecule has 1 saturated heterocycles. The Labute approximate surface area is 178 Å². The number of nitrogens with one attached hydrogen (secondary N) is 1. The number of hydrogen-bond donors (Lipinski definition) is 1. The lowest BCUT2D eigenvalue weighted by atomic mass is 10.0. The lowest BCUT2D eigenvalue weighted by Gasteiger charge is -2.26. The first-order valence-electron chi connectivity index (χ1n) is 10.0. The molecule has 1 atom stereocenters. The maximum Gasteiger partial charge on any atom is 0.251 e. The zero-order valence-corrected chi connectivity index (χ0v) is 18.4. The molecule has 0 radical (unpaired) electrons. The Kier molecular flexibility index (Phi) is 6.98. The van der Waals surface area contributed by atoms with Gasteiger partial charge >= 0.3 is 0 Å². The predicted molar refractivity (Wildman–Crippen MR) is 116 cm³/mol. The molecule has 0 aromatic heterocycles. The third-order valence-electron chi connectivity index (χ3n) is 5.36. The highest BCUT2D eigenvalue weighted by molar-refractivity contribution is 7.89. The number of rotatable bonds is 6. The topological polar surface area (TPSA) is 66.5 Å². The predicted octanol–water partition coefficient (Wildman–Crippen LogP) is 4.57. The summed E-state index contributed by atoms with van der Waals surface area (Å²) in [5.41, 5.74) is 2.50. The lowest BCUT2D eigenvalue weighted by molar-refractivity contribution is 0.0939. The van der Waals surface area contributed by atoms with E-state index < -0.39 is 10.0 Å². The fourth-order valence-corrected chi connectivity index (χ4v) is 5.51. The van der Waals surface area contributed by atoms with Gasteiger partial charge in [-0.3, -0.25) is 4.79 Å². The van der Waals surface area contributed by atoms with E-state index in [4.69, 9.17) is 11.6 Å². The van der Waals surface area contributed by atoms with Crippen LogP contribution in [0.5, 0.6) is 0 Å². The summed E-state index contributed by atoms with van der Waals surface area (Å²) in [4.78, 5) is 12.7. The molecular weight excluding hydrogens is 408 g/mol. The average Bonchev–Trinajstić information content (AvgIpc) is 2.74. The van der Waals surface area contributed by atoms with Gasteiger partial charge in [-0.25, -0.2) is 8.42 Å². The number of carbonyl (C=O) groups excluding carboxylic acids is 1. The van der Waals surface area contributed by atoms with Gasteiger partial charge < -0.3 is 5.32 Å². The Morgan fingerprint density at radius 1 is 1.10 bits per heavy atom. The summed E-state index contributed by atoms with van der Waals surface area (Å²) in [6, 6.07) is 12.3. The van der Waals surface area contributed by atoms with Gasteiger partial charge in [-0.2, -0.15) is 4.31 Å². The second-order valence-electron chi connectivity index (χ2n) is 7.40. The molecule has 1 fully saturated rings. The molecule has 0 spiro atoms. The number of amides is 1. The number of benzene rings is 2. The van der Waals surface area contributed by atoms with Gasteiger partial charge in [-0.15, -0.1) is 0 Å². The van der Waals surface area contributed by atoms with Gasteiger partial charge in [0, 0.05) is 18.7 Å². The first kappa shape index (κ1) is 21.8. The Morgan fingerprint density at radius 3 is 2.38 bits per heavy atom. The van der Waals surface area contributed by atoms with Crippen LogP contribution in [0.25, 0.3) is 0 Å². The lowest BCUT2D eigenvalue weighted by Crippen LogP contribution is -2.36. The van der Waals surface area contributed by atoms with E-state index >= 15 is 0 Å². The maximum absolute atomic E-state index is 13.0. The minimum Gasteiger partial charge on any atom is -0.346 e.